The number of carbonyl (C=O) groups excluding carboxylic acids is 1. The number of benzene rings is 1. The van der Waals surface area contributed by atoms with Gasteiger partial charge in [-0.1, -0.05) is 0 Å². The van der Waals surface area contributed by atoms with E-state index in [1.807, 2.05) is 0 Å². The maximum atomic E-state index is 12.1. The van der Waals surface area contributed by atoms with Gasteiger partial charge < -0.3 is 10.1 Å². The number of H-pyrrole nitrogens is 1. The maximum Gasteiger partial charge on any atom is 0.573 e. The second-order valence-corrected chi connectivity index (χ2v) is 3.69. The predicted molar refractivity (Wildman–Crippen MR) is 60.8 cm³/mol. The first kappa shape index (κ1) is 13.2. The van der Waals surface area contributed by atoms with E-state index in [4.69, 9.17) is 0 Å². The van der Waals surface area contributed by atoms with E-state index in [1.54, 1.807) is 6.92 Å². The zero-order valence-corrected chi connectivity index (χ0v) is 9.84. The first-order valence-electron chi connectivity index (χ1n) is 5.43. The third-order valence-electron chi connectivity index (χ3n) is 2.32. The Morgan fingerprint density at radius 3 is 2.84 bits per heavy atom. The van der Waals surface area contributed by atoms with Gasteiger partial charge in [0.25, 0.3) is 5.91 Å². The topological polar surface area (TPSA) is 67.0 Å². The number of fused-ring (bicyclic) bond motifs is 1. The van der Waals surface area contributed by atoms with E-state index in [0.29, 0.717) is 12.1 Å². The fourth-order valence-corrected chi connectivity index (χ4v) is 1.61. The van der Waals surface area contributed by atoms with Gasteiger partial charge in [-0.3, -0.25) is 9.89 Å². The van der Waals surface area contributed by atoms with E-state index in [0.717, 1.165) is 12.1 Å². The molecule has 1 aromatic heterocycles. The van der Waals surface area contributed by atoms with Crippen molar-refractivity contribution < 1.29 is 22.7 Å². The van der Waals surface area contributed by atoms with Crippen molar-refractivity contribution in [3.8, 4) is 5.75 Å². The molecule has 0 spiro atoms. The predicted octanol–water partition coefficient (Wildman–Crippen LogP) is 2.21. The van der Waals surface area contributed by atoms with Crippen molar-refractivity contribution in [3.05, 3.63) is 23.9 Å². The molecule has 2 aromatic rings. The molecule has 19 heavy (non-hydrogen) atoms. The van der Waals surface area contributed by atoms with Crippen LogP contribution in [0.15, 0.2) is 18.2 Å². The minimum absolute atomic E-state index is 0.0319. The van der Waals surface area contributed by atoms with Crippen LogP contribution in [0.25, 0.3) is 10.9 Å². The Morgan fingerprint density at radius 1 is 1.47 bits per heavy atom. The molecule has 0 bridgehead atoms. The van der Waals surface area contributed by atoms with Gasteiger partial charge in [-0.05, 0) is 25.1 Å². The van der Waals surface area contributed by atoms with Crippen molar-refractivity contribution in [3.63, 3.8) is 0 Å². The third-order valence-corrected chi connectivity index (χ3v) is 2.32. The molecule has 0 aliphatic heterocycles. The summed E-state index contributed by atoms with van der Waals surface area (Å²) in [4.78, 5) is 11.7. The minimum Gasteiger partial charge on any atom is -0.406 e. The van der Waals surface area contributed by atoms with Gasteiger partial charge in [0.1, 0.15) is 5.75 Å². The normalized spacial score (nSPS) is 11.6. The molecule has 5 nitrogen and oxygen atoms in total. The second kappa shape index (κ2) is 4.79. The van der Waals surface area contributed by atoms with Crippen LogP contribution in [-0.4, -0.2) is 29.0 Å². The van der Waals surface area contributed by atoms with Crippen LogP contribution < -0.4 is 10.1 Å². The molecule has 2 rings (SSSR count). The highest BCUT2D eigenvalue weighted by Crippen LogP contribution is 2.27. The van der Waals surface area contributed by atoms with E-state index in [2.05, 4.69) is 20.3 Å². The van der Waals surface area contributed by atoms with Gasteiger partial charge >= 0.3 is 6.36 Å². The molecular formula is C11H10F3N3O2. The van der Waals surface area contributed by atoms with E-state index >= 15 is 0 Å². The average molecular weight is 273 g/mol. The molecule has 8 heteroatoms. The first-order chi connectivity index (χ1) is 8.90. The monoisotopic (exact) mass is 273 g/mol. The van der Waals surface area contributed by atoms with Gasteiger partial charge in [0.05, 0.1) is 5.52 Å². The van der Waals surface area contributed by atoms with Crippen molar-refractivity contribution >= 4 is 16.8 Å². The number of aromatic nitrogens is 2. The molecular weight excluding hydrogens is 263 g/mol. The molecule has 1 heterocycles. The van der Waals surface area contributed by atoms with Crippen LogP contribution in [0.3, 0.4) is 0 Å². The molecule has 0 aliphatic carbocycles. The van der Waals surface area contributed by atoms with Gasteiger partial charge in [0.2, 0.25) is 0 Å². The second-order valence-electron chi connectivity index (χ2n) is 3.69. The highest BCUT2D eigenvalue weighted by molar-refractivity contribution is 6.04. The van der Waals surface area contributed by atoms with Crippen LogP contribution in [0.5, 0.6) is 5.75 Å². The molecule has 0 saturated heterocycles. The quantitative estimate of drug-likeness (QED) is 0.901. The summed E-state index contributed by atoms with van der Waals surface area (Å²) in [5.41, 5.74) is 0.486. The standard InChI is InChI=1S/C11H10F3N3O2/c1-2-15-10(18)9-7-5-6(19-11(12,13)14)3-4-8(7)16-17-9/h3-5H,2H2,1H3,(H,15,18)(H,16,17). The number of nitrogens with zero attached hydrogens (tertiary/aromatic N) is 1. The van der Waals surface area contributed by atoms with E-state index in [1.165, 1.54) is 6.07 Å². The number of rotatable bonds is 3. The smallest absolute Gasteiger partial charge is 0.406 e. The fourth-order valence-electron chi connectivity index (χ4n) is 1.61. The summed E-state index contributed by atoms with van der Waals surface area (Å²) in [5.74, 6) is -0.857. The van der Waals surface area contributed by atoms with Crippen molar-refractivity contribution in [1.82, 2.24) is 15.5 Å². The lowest BCUT2D eigenvalue weighted by Gasteiger charge is -2.08. The summed E-state index contributed by atoms with van der Waals surface area (Å²) in [5, 5.41) is 9.14. The Morgan fingerprint density at radius 2 is 2.21 bits per heavy atom. The largest absolute Gasteiger partial charge is 0.573 e. The molecule has 2 N–H and O–H groups in total. The third kappa shape index (κ3) is 2.95. The van der Waals surface area contributed by atoms with Crippen molar-refractivity contribution in [2.75, 3.05) is 6.54 Å². The van der Waals surface area contributed by atoms with Crippen LogP contribution >= 0.6 is 0 Å². The lowest BCUT2D eigenvalue weighted by molar-refractivity contribution is -0.274. The fraction of sp³-hybridized carbons (Fsp3) is 0.273. The Labute approximate surface area is 105 Å². The van der Waals surface area contributed by atoms with Gasteiger partial charge in [0.15, 0.2) is 5.69 Å². The number of alkyl halides is 3. The lowest BCUT2D eigenvalue weighted by atomic mass is 10.2. The van der Waals surface area contributed by atoms with Gasteiger partial charge in [-0.15, -0.1) is 13.2 Å². The van der Waals surface area contributed by atoms with E-state index in [-0.39, 0.29) is 11.1 Å². The molecule has 0 saturated carbocycles. The maximum absolute atomic E-state index is 12.1. The molecule has 102 valence electrons. The zero-order valence-electron chi connectivity index (χ0n) is 9.84. The van der Waals surface area contributed by atoms with Crippen molar-refractivity contribution in [1.29, 1.82) is 0 Å². The van der Waals surface area contributed by atoms with Crippen LogP contribution in [0.2, 0.25) is 0 Å². The number of hydrogen-bond donors (Lipinski definition) is 2. The molecule has 0 radical (unpaired) electrons. The number of halogens is 3. The number of nitrogens with one attached hydrogen (secondary N) is 2. The van der Waals surface area contributed by atoms with Gasteiger partial charge in [0, 0.05) is 11.9 Å². The Bertz CT molecular complexity index is 607. The first-order valence-corrected chi connectivity index (χ1v) is 5.43. The number of hydrogen-bond acceptors (Lipinski definition) is 3. The molecule has 0 fully saturated rings. The molecule has 0 atom stereocenters. The van der Waals surface area contributed by atoms with Crippen molar-refractivity contribution in [2.45, 2.75) is 13.3 Å². The van der Waals surface area contributed by atoms with Gasteiger partial charge in [-0.2, -0.15) is 5.10 Å². The zero-order chi connectivity index (χ0) is 14.0. The highest BCUT2D eigenvalue weighted by Gasteiger charge is 2.31. The Balaban J connectivity index is 2.40. The molecule has 0 unspecified atom stereocenters. The summed E-state index contributed by atoms with van der Waals surface area (Å²) in [6, 6.07) is 3.64. The van der Waals surface area contributed by atoms with Gasteiger partial charge in [-0.25, -0.2) is 0 Å². The molecule has 1 amide bonds. The van der Waals surface area contributed by atoms with Crippen LogP contribution in [-0.2, 0) is 0 Å². The summed E-state index contributed by atoms with van der Waals surface area (Å²) in [7, 11) is 0. The Kier molecular flexibility index (Phi) is 3.32. The van der Waals surface area contributed by atoms with E-state index < -0.39 is 18.0 Å². The summed E-state index contributed by atoms with van der Waals surface area (Å²) in [6.07, 6.45) is -4.77. The Hall–Kier alpha value is -2.25. The molecule has 0 aliphatic rings. The average Bonchev–Trinajstić information content (AvgIpc) is 2.70. The summed E-state index contributed by atoms with van der Waals surface area (Å²) in [6.45, 7) is 2.12. The minimum atomic E-state index is -4.77. The number of aromatic amines is 1. The highest BCUT2D eigenvalue weighted by atomic mass is 19.4. The lowest BCUT2D eigenvalue weighted by Crippen LogP contribution is -2.23. The number of carbonyl (C=O) groups is 1. The van der Waals surface area contributed by atoms with Crippen molar-refractivity contribution in [2.24, 2.45) is 0 Å². The number of amides is 1. The number of ether oxygens (including phenoxy) is 1. The van der Waals surface area contributed by atoms with E-state index in [9.17, 15) is 18.0 Å². The SMILES string of the molecule is CCNC(=O)c1n[nH]c2ccc(OC(F)(F)F)cc12. The van der Waals surface area contributed by atoms with Crippen LogP contribution in [0, 0.1) is 0 Å². The summed E-state index contributed by atoms with van der Waals surface area (Å²) >= 11 is 0. The van der Waals surface area contributed by atoms with Crippen LogP contribution in [0.1, 0.15) is 17.4 Å². The van der Waals surface area contributed by atoms with Crippen LogP contribution in [0.4, 0.5) is 13.2 Å². The molecule has 1 aromatic carbocycles. The summed E-state index contributed by atoms with van der Waals surface area (Å²) < 4.78 is 40.2.